The predicted molar refractivity (Wildman–Crippen MR) is 108 cm³/mol. The van der Waals surface area contributed by atoms with Gasteiger partial charge in [0.2, 0.25) is 0 Å². The molecule has 0 saturated carbocycles. The zero-order chi connectivity index (χ0) is 18.4. The first-order chi connectivity index (χ1) is 12.7. The zero-order valence-corrected chi connectivity index (χ0v) is 15.7. The molecule has 0 amide bonds. The summed E-state index contributed by atoms with van der Waals surface area (Å²) < 4.78 is 11.4. The standard InChI is InChI=1S/C21H17Cl2NO2/c1-2-25-20-12-7-16(22)13-15(20)14-24-17-8-10-18(11-9-17)26-21-6-4-3-5-19(21)23/h3-14H,2H2,1H3. The van der Waals surface area contributed by atoms with Crippen LogP contribution < -0.4 is 9.47 Å². The lowest BCUT2D eigenvalue weighted by Gasteiger charge is -2.08. The number of rotatable bonds is 6. The van der Waals surface area contributed by atoms with Gasteiger partial charge in [-0.25, -0.2) is 0 Å². The molecule has 0 bridgehead atoms. The number of halogens is 2. The lowest BCUT2D eigenvalue weighted by Crippen LogP contribution is -1.95. The molecule has 0 spiro atoms. The Morgan fingerprint density at radius 2 is 1.69 bits per heavy atom. The Bertz CT molecular complexity index is 908. The van der Waals surface area contributed by atoms with E-state index in [2.05, 4.69) is 4.99 Å². The quantitative estimate of drug-likeness (QED) is 0.430. The van der Waals surface area contributed by atoms with Crippen molar-refractivity contribution in [1.82, 2.24) is 0 Å². The van der Waals surface area contributed by atoms with Gasteiger partial charge in [-0.05, 0) is 61.5 Å². The minimum absolute atomic E-state index is 0.569. The average Bonchev–Trinajstić information content (AvgIpc) is 2.65. The molecular weight excluding hydrogens is 369 g/mol. The van der Waals surface area contributed by atoms with Crippen LogP contribution in [0.1, 0.15) is 12.5 Å². The maximum absolute atomic E-state index is 6.11. The van der Waals surface area contributed by atoms with Gasteiger partial charge in [0, 0.05) is 16.8 Å². The molecule has 132 valence electrons. The van der Waals surface area contributed by atoms with Gasteiger partial charge in [0.1, 0.15) is 17.2 Å². The summed E-state index contributed by atoms with van der Waals surface area (Å²) in [6, 6.07) is 20.2. The summed E-state index contributed by atoms with van der Waals surface area (Å²) in [6.45, 7) is 2.52. The molecule has 3 nitrogen and oxygen atoms in total. The second-order valence-corrected chi connectivity index (χ2v) is 6.24. The highest BCUT2D eigenvalue weighted by molar-refractivity contribution is 6.32. The summed E-state index contributed by atoms with van der Waals surface area (Å²) in [7, 11) is 0. The minimum atomic E-state index is 0.569. The molecule has 0 atom stereocenters. The monoisotopic (exact) mass is 385 g/mol. The molecule has 3 aromatic rings. The fraction of sp³-hybridized carbons (Fsp3) is 0.0952. The van der Waals surface area contributed by atoms with E-state index in [1.165, 1.54) is 0 Å². The Morgan fingerprint density at radius 3 is 2.42 bits per heavy atom. The van der Waals surface area contributed by atoms with Gasteiger partial charge in [-0.3, -0.25) is 4.99 Å². The summed E-state index contributed by atoms with van der Waals surface area (Å²) in [6.07, 6.45) is 1.74. The van der Waals surface area contributed by atoms with Crippen molar-refractivity contribution in [2.75, 3.05) is 6.61 Å². The van der Waals surface area contributed by atoms with Crippen molar-refractivity contribution in [3.8, 4) is 17.2 Å². The van der Waals surface area contributed by atoms with Gasteiger partial charge >= 0.3 is 0 Å². The van der Waals surface area contributed by atoms with Crippen LogP contribution in [0.5, 0.6) is 17.2 Å². The van der Waals surface area contributed by atoms with Gasteiger partial charge in [-0.15, -0.1) is 0 Å². The lowest BCUT2D eigenvalue weighted by atomic mass is 10.2. The van der Waals surface area contributed by atoms with Gasteiger partial charge in [0.05, 0.1) is 17.3 Å². The third kappa shape index (κ3) is 4.78. The van der Waals surface area contributed by atoms with Crippen molar-refractivity contribution in [2.24, 2.45) is 4.99 Å². The molecule has 0 aliphatic heterocycles. The average molecular weight is 386 g/mol. The van der Waals surface area contributed by atoms with Gasteiger partial charge < -0.3 is 9.47 Å². The van der Waals surface area contributed by atoms with Crippen LogP contribution in [-0.4, -0.2) is 12.8 Å². The van der Waals surface area contributed by atoms with E-state index >= 15 is 0 Å². The van der Waals surface area contributed by atoms with E-state index in [1.54, 1.807) is 18.3 Å². The first-order valence-corrected chi connectivity index (χ1v) is 8.90. The highest BCUT2D eigenvalue weighted by atomic mass is 35.5. The molecule has 0 fully saturated rings. The van der Waals surface area contributed by atoms with E-state index in [9.17, 15) is 0 Å². The topological polar surface area (TPSA) is 30.8 Å². The molecule has 0 aliphatic carbocycles. The normalized spacial score (nSPS) is 10.9. The van der Waals surface area contributed by atoms with Crippen molar-refractivity contribution in [3.63, 3.8) is 0 Å². The zero-order valence-electron chi connectivity index (χ0n) is 14.2. The van der Waals surface area contributed by atoms with Crippen LogP contribution in [0.25, 0.3) is 0 Å². The van der Waals surface area contributed by atoms with Gasteiger partial charge in [0.25, 0.3) is 0 Å². The Labute approximate surface area is 162 Å². The minimum Gasteiger partial charge on any atom is -0.493 e. The molecule has 0 saturated heterocycles. The third-order valence-electron chi connectivity index (χ3n) is 3.53. The summed E-state index contributed by atoms with van der Waals surface area (Å²) in [5.41, 5.74) is 1.62. The second-order valence-electron chi connectivity index (χ2n) is 5.40. The van der Waals surface area contributed by atoms with Crippen LogP contribution in [0.2, 0.25) is 10.0 Å². The SMILES string of the molecule is CCOc1ccc(Cl)cc1C=Nc1ccc(Oc2ccccc2Cl)cc1. The first kappa shape index (κ1) is 18.3. The number of benzene rings is 3. The van der Waals surface area contributed by atoms with Gasteiger partial charge in [0.15, 0.2) is 0 Å². The molecule has 0 heterocycles. The van der Waals surface area contributed by atoms with Crippen molar-refractivity contribution in [2.45, 2.75) is 6.92 Å². The van der Waals surface area contributed by atoms with Gasteiger partial charge in [-0.1, -0.05) is 35.3 Å². The number of para-hydroxylation sites is 1. The molecule has 0 aromatic heterocycles. The lowest BCUT2D eigenvalue weighted by molar-refractivity contribution is 0.340. The highest BCUT2D eigenvalue weighted by Gasteiger charge is 2.03. The van der Waals surface area contributed by atoms with Gasteiger partial charge in [-0.2, -0.15) is 0 Å². The molecule has 5 heteroatoms. The Morgan fingerprint density at radius 1 is 0.923 bits per heavy atom. The fourth-order valence-corrected chi connectivity index (χ4v) is 2.66. The molecule has 3 aromatic carbocycles. The predicted octanol–water partition coefficient (Wildman–Crippen LogP) is 6.94. The van der Waals surface area contributed by atoms with Crippen LogP contribution in [0.4, 0.5) is 5.69 Å². The first-order valence-electron chi connectivity index (χ1n) is 8.14. The summed E-state index contributed by atoms with van der Waals surface area (Å²) in [5.74, 6) is 2.06. The number of nitrogens with zero attached hydrogens (tertiary/aromatic N) is 1. The van der Waals surface area contributed by atoms with E-state index < -0.39 is 0 Å². The van der Waals surface area contributed by atoms with Crippen LogP contribution in [0.3, 0.4) is 0 Å². The van der Waals surface area contributed by atoms with E-state index in [1.807, 2.05) is 61.5 Å². The highest BCUT2D eigenvalue weighted by Crippen LogP contribution is 2.30. The van der Waals surface area contributed by atoms with Crippen molar-refractivity contribution in [3.05, 3.63) is 82.3 Å². The number of hydrogen-bond donors (Lipinski definition) is 0. The summed E-state index contributed by atoms with van der Waals surface area (Å²) >= 11 is 12.2. The van der Waals surface area contributed by atoms with Crippen LogP contribution >= 0.6 is 23.2 Å². The molecule has 0 radical (unpaired) electrons. The Kier molecular flexibility index (Phi) is 6.16. The summed E-state index contributed by atoms with van der Waals surface area (Å²) in [5, 5.41) is 1.21. The summed E-state index contributed by atoms with van der Waals surface area (Å²) in [4.78, 5) is 4.48. The second kappa shape index (κ2) is 8.75. The number of hydrogen-bond acceptors (Lipinski definition) is 3. The van der Waals surface area contributed by atoms with E-state index in [4.69, 9.17) is 32.7 Å². The van der Waals surface area contributed by atoms with Crippen molar-refractivity contribution >= 4 is 35.1 Å². The van der Waals surface area contributed by atoms with Crippen LogP contribution in [0.15, 0.2) is 71.7 Å². The van der Waals surface area contributed by atoms with Crippen LogP contribution in [-0.2, 0) is 0 Å². The number of aliphatic imine (C=N–C) groups is 1. The van der Waals surface area contributed by atoms with Crippen LogP contribution in [0, 0.1) is 0 Å². The van der Waals surface area contributed by atoms with E-state index in [0.29, 0.717) is 28.2 Å². The largest absolute Gasteiger partial charge is 0.493 e. The fourth-order valence-electron chi connectivity index (χ4n) is 2.31. The third-order valence-corrected chi connectivity index (χ3v) is 4.07. The maximum atomic E-state index is 6.11. The van der Waals surface area contributed by atoms with E-state index in [0.717, 1.165) is 17.0 Å². The Balaban J connectivity index is 1.74. The molecule has 3 rings (SSSR count). The molecule has 26 heavy (non-hydrogen) atoms. The molecular formula is C21H17Cl2NO2. The van der Waals surface area contributed by atoms with E-state index in [-0.39, 0.29) is 0 Å². The smallest absolute Gasteiger partial charge is 0.146 e. The molecule has 0 N–H and O–H groups in total. The molecule has 0 unspecified atom stereocenters. The number of ether oxygens (including phenoxy) is 2. The van der Waals surface area contributed by atoms with Crippen molar-refractivity contribution in [1.29, 1.82) is 0 Å². The van der Waals surface area contributed by atoms with Crippen molar-refractivity contribution < 1.29 is 9.47 Å². The molecule has 0 aliphatic rings. The maximum Gasteiger partial charge on any atom is 0.146 e. The Hall–Kier alpha value is -2.49.